The number of thioether (sulfide) groups is 1. The predicted molar refractivity (Wildman–Crippen MR) is 101 cm³/mol. The van der Waals surface area contributed by atoms with E-state index in [4.69, 9.17) is 4.74 Å². The standard InChI is InChI=1S/C20H25NO2S/c1-13-10-14(2)16(4)20(15(13)3)24-12-19(22)21-11-17-6-8-18(23-5)9-7-17/h6-10H,11-12H2,1-5H3,(H,21,22). The van der Waals surface area contributed by atoms with Gasteiger partial charge in [-0.3, -0.25) is 4.79 Å². The Morgan fingerprint density at radius 2 is 1.62 bits per heavy atom. The highest BCUT2D eigenvalue weighted by atomic mass is 32.2. The van der Waals surface area contributed by atoms with Crippen molar-refractivity contribution >= 4 is 17.7 Å². The number of methoxy groups -OCH3 is 1. The molecule has 128 valence electrons. The first-order valence-electron chi connectivity index (χ1n) is 8.02. The molecule has 0 aliphatic rings. The number of amides is 1. The van der Waals surface area contributed by atoms with E-state index in [-0.39, 0.29) is 5.91 Å². The Kier molecular flexibility index (Phi) is 6.32. The Morgan fingerprint density at radius 1 is 1.04 bits per heavy atom. The molecule has 24 heavy (non-hydrogen) atoms. The Hall–Kier alpha value is -1.94. The van der Waals surface area contributed by atoms with Crippen LogP contribution in [-0.2, 0) is 11.3 Å². The fourth-order valence-corrected chi connectivity index (χ4v) is 3.66. The van der Waals surface area contributed by atoms with E-state index in [1.165, 1.54) is 27.1 Å². The Labute approximate surface area is 148 Å². The lowest BCUT2D eigenvalue weighted by Crippen LogP contribution is -2.24. The molecule has 3 nitrogen and oxygen atoms in total. The number of benzene rings is 2. The van der Waals surface area contributed by atoms with Crippen LogP contribution in [0.1, 0.15) is 27.8 Å². The molecule has 0 saturated carbocycles. The fourth-order valence-electron chi connectivity index (χ4n) is 2.53. The molecule has 0 heterocycles. The van der Waals surface area contributed by atoms with Crippen molar-refractivity contribution in [3.63, 3.8) is 0 Å². The first-order valence-corrected chi connectivity index (χ1v) is 9.00. The molecule has 0 bridgehead atoms. The molecule has 0 saturated heterocycles. The molecule has 0 unspecified atom stereocenters. The summed E-state index contributed by atoms with van der Waals surface area (Å²) in [5.74, 6) is 1.30. The van der Waals surface area contributed by atoms with Gasteiger partial charge in [-0.05, 0) is 67.6 Å². The van der Waals surface area contributed by atoms with Crippen LogP contribution in [0.5, 0.6) is 5.75 Å². The molecule has 0 atom stereocenters. The molecule has 2 aromatic carbocycles. The van der Waals surface area contributed by atoms with Gasteiger partial charge in [-0.2, -0.15) is 0 Å². The SMILES string of the molecule is COc1ccc(CNC(=O)CSc2c(C)c(C)cc(C)c2C)cc1. The highest BCUT2D eigenvalue weighted by Gasteiger charge is 2.11. The molecule has 1 N–H and O–H groups in total. The first kappa shape index (κ1) is 18.4. The Bertz CT molecular complexity index is 697. The molecule has 2 rings (SSSR count). The Balaban J connectivity index is 1.91. The van der Waals surface area contributed by atoms with Crippen LogP contribution in [0.25, 0.3) is 0 Å². The second kappa shape index (κ2) is 8.25. The van der Waals surface area contributed by atoms with Gasteiger partial charge in [0.2, 0.25) is 5.91 Å². The number of carbonyl (C=O) groups excluding carboxylic acids is 1. The zero-order valence-electron chi connectivity index (χ0n) is 15.0. The maximum absolute atomic E-state index is 12.1. The number of hydrogen-bond donors (Lipinski definition) is 1. The number of nitrogens with one attached hydrogen (secondary N) is 1. The summed E-state index contributed by atoms with van der Waals surface area (Å²) in [6.07, 6.45) is 0. The molecule has 1 amide bonds. The molecule has 0 aliphatic carbocycles. The molecular formula is C20H25NO2S. The van der Waals surface area contributed by atoms with E-state index in [2.05, 4.69) is 39.1 Å². The normalized spacial score (nSPS) is 10.5. The third-order valence-corrected chi connectivity index (χ3v) is 5.60. The molecule has 2 aromatic rings. The fraction of sp³-hybridized carbons (Fsp3) is 0.350. The second-order valence-corrected chi connectivity index (χ2v) is 6.99. The summed E-state index contributed by atoms with van der Waals surface area (Å²) in [5, 5.41) is 2.97. The average molecular weight is 343 g/mol. The summed E-state index contributed by atoms with van der Waals surface area (Å²) < 4.78 is 5.13. The summed E-state index contributed by atoms with van der Waals surface area (Å²) in [5.41, 5.74) is 6.16. The number of carbonyl (C=O) groups is 1. The minimum absolute atomic E-state index is 0.0498. The number of hydrogen-bond acceptors (Lipinski definition) is 3. The minimum atomic E-state index is 0.0498. The van der Waals surface area contributed by atoms with Crippen molar-refractivity contribution < 1.29 is 9.53 Å². The molecule has 0 fully saturated rings. The third-order valence-electron chi connectivity index (χ3n) is 4.29. The molecular weight excluding hydrogens is 318 g/mol. The van der Waals surface area contributed by atoms with Gasteiger partial charge in [-0.15, -0.1) is 11.8 Å². The smallest absolute Gasteiger partial charge is 0.230 e. The second-order valence-electron chi connectivity index (χ2n) is 6.00. The average Bonchev–Trinajstić information content (AvgIpc) is 2.58. The maximum atomic E-state index is 12.1. The molecule has 0 aromatic heterocycles. The van der Waals surface area contributed by atoms with Gasteiger partial charge in [-0.25, -0.2) is 0 Å². The van der Waals surface area contributed by atoms with Crippen molar-refractivity contribution in [3.8, 4) is 5.75 Å². The summed E-state index contributed by atoms with van der Waals surface area (Å²) in [4.78, 5) is 13.4. The Morgan fingerprint density at radius 3 is 2.17 bits per heavy atom. The lowest BCUT2D eigenvalue weighted by molar-refractivity contribution is -0.118. The van der Waals surface area contributed by atoms with Gasteiger partial charge >= 0.3 is 0 Å². The molecule has 0 spiro atoms. The molecule has 0 radical (unpaired) electrons. The summed E-state index contributed by atoms with van der Waals surface area (Å²) in [7, 11) is 1.64. The zero-order chi connectivity index (χ0) is 17.7. The highest BCUT2D eigenvalue weighted by molar-refractivity contribution is 8.00. The summed E-state index contributed by atoms with van der Waals surface area (Å²) in [6.45, 7) is 9.03. The lowest BCUT2D eigenvalue weighted by atomic mass is 10.0. The molecule has 4 heteroatoms. The van der Waals surface area contributed by atoms with Gasteiger partial charge in [-0.1, -0.05) is 18.2 Å². The maximum Gasteiger partial charge on any atom is 0.230 e. The number of aryl methyl sites for hydroxylation is 2. The topological polar surface area (TPSA) is 38.3 Å². The van der Waals surface area contributed by atoms with Crippen molar-refractivity contribution in [1.29, 1.82) is 0 Å². The van der Waals surface area contributed by atoms with Crippen LogP contribution in [0.2, 0.25) is 0 Å². The minimum Gasteiger partial charge on any atom is -0.497 e. The van der Waals surface area contributed by atoms with E-state index in [0.29, 0.717) is 12.3 Å². The van der Waals surface area contributed by atoms with Crippen molar-refractivity contribution in [1.82, 2.24) is 5.32 Å². The van der Waals surface area contributed by atoms with Gasteiger partial charge in [0.1, 0.15) is 5.75 Å². The molecule has 0 aliphatic heterocycles. The lowest BCUT2D eigenvalue weighted by Gasteiger charge is -2.14. The predicted octanol–water partition coefficient (Wildman–Crippen LogP) is 4.34. The van der Waals surface area contributed by atoms with Crippen LogP contribution >= 0.6 is 11.8 Å². The van der Waals surface area contributed by atoms with Crippen LogP contribution < -0.4 is 10.1 Å². The number of ether oxygens (including phenoxy) is 1. The van der Waals surface area contributed by atoms with E-state index < -0.39 is 0 Å². The van der Waals surface area contributed by atoms with E-state index in [1.54, 1.807) is 18.9 Å². The summed E-state index contributed by atoms with van der Waals surface area (Å²) in [6, 6.07) is 9.93. The van der Waals surface area contributed by atoms with Gasteiger partial charge in [0.15, 0.2) is 0 Å². The largest absolute Gasteiger partial charge is 0.497 e. The van der Waals surface area contributed by atoms with Crippen molar-refractivity contribution in [2.24, 2.45) is 0 Å². The van der Waals surface area contributed by atoms with E-state index in [1.807, 2.05) is 24.3 Å². The van der Waals surface area contributed by atoms with Gasteiger partial charge in [0.25, 0.3) is 0 Å². The highest BCUT2D eigenvalue weighted by Crippen LogP contribution is 2.30. The van der Waals surface area contributed by atoms with Crippen molar-refractivity contribution in [3.05, 3.63) is 58.1 Å². The van der Waals surface area contributed by atoms with Gasteiger partial charge in [0, 0.05) is 11.4 Å². The van der Waals surface area contributed by atoms with Gasteiger partial charge in [0.05, 0.1) is 12.9 Å². The summed E-state index contributed by atoms with van der Waals surface area (Å²) >= 11 is 1.62. The van der Waals surface area contributed by atoms with E-state index in [0.717, 1.165) is 11.3 Å². The van der Waals surface area contributed by atoms with Crippen LogP contribution in [0, 0.1) is 27.7 Å². The van der Waals surface area contributed by atoms with Gasteiger partial charge < -0.3 is 10.1 Å². The number of rotatable bonds is 6. The monoisotopic (exact) mass is 343 g/mol. The van der Waals surface area contributed by atoms with Crippen LogP contribution in [0.3, 0.4) is 0 Å². The van der Waals surface area contributed by atoms with Crippen LogP contribution in [0.15, 0.2) is 35.2 Å². The zero-order valence-corrected chi connectivity index (χ0v) is 15.8. The van der Waals surface area contributed by atoms with Crippen LogP contribution in [0.4, 0.5) is 0 Å². The van der Waals surface area contributed by atoms with Crippen molar-refractivity contribution in [2.45, 2.75) is 39.1 Å². The van der Waals surface area contributed by atoms with Crippen molar-refractivity contribution in [2.75, 3.05) is 12.9 Å². The van der Waals surface area contributed by atoms with E-state index >= 15 is 0 Å². The van der Waals surface area contributed by atoms with E-state index in [9.17, 15) is 4.79 Å². The first-order chi connectivity index (χ1) is 11.4. The quantitative estimate of drug-likeness (QED) is 0.793. The van der Waals surface area contributed by atoms with Crippen LogP contribution in [-0.4, -0.2) is 18.8 Å². The third kappa shape index (κ3) is 4.54.